The summed E-state index contributed by atoms with van der Waals surface area (Å²) in [5, 5.41) is 3.47. The van der Waals surface area contributed by atoms with E-state index in [1.54, 1.807) is 0 Å². The highest BCUT2D eigenvalue weighted by atomic mass is 16.6. The highest BCUT2D eigenvalue weighted by molar-refractivity contribution is 5.67. The number of rotatable bonds is 2. The molecule has 2 bridgehead atoms. The van der Waals surface area contributed by atoms with Crippen LogP contribution >= 0.6 is 0 Å². The van der Waals surface area contributed by atoms with E-state index in [4.69, 9.17) is 4.74 Å². The molecule has 0 saturated carbocycles. The predicted octanol–water partition coefficient (Wildman–Crippen LogP) is 1.22. The zero-order valence-electron chi connectivity index (χ0n) is 9.37. The molecule has 3 aliphatic heterocycles. The van der Waals surface area contributed by atoms with Crippen molar-refractivity contribution in [1.82, 2.24) is 10.2 Å². The van der Waals surface area contributed by atoms with Crippen LogP contribution in [0.15, 0.2) is 0 Å². The molecule has 3 heterocycles. The molecule has 0 aliphatic carbocycles. The standard InChI is InChI=1S/C11H20N2O2/c1-2-5-15-11(14)13-7-9-3-4-10(8-13)12-6-9/h9-10,12H,2-8H2,1H3. The number of hydrogen-bond acceptors (Lipinski definition) is 3. The summed E-state index contributed by atoms with van der Waals surface area (Å²) in [5.74, 6) is 0.623. The van der Waals surface area contributed by atoms with Crippen LogP contribution in [0.5, 0.6) is 0 Å². The third-order valence-electron chi connectivity index (χ3n) is 3.23. The van der Waals surface area contributed by atoms with Crippen LogP contribution in [0.3, 0.4) is 0 Å². The molecule has 0 aromatic carbocycles. The fourth-order valence-electron chi connectivity index (χ4n) is 2.37. The van der Waals surface area contributed by atoms with Gasteiger partial charge in [-0.05, 0) is 31.7 Å². The molecule has 0 aromatic heterocycles. The lowest BCUT2D eigenvalue weighted by Gasteiger charge is -2.22. The van der Waals surface area contributed by atoms with Gasteiger partial charge in [-0.25, -0.2) is 4.79 Å². The average molecular weight is 212 g/mol. The second-order valence-electron chi connectivity index (χ2n) is 4.57. The molecule has 4 nitrogen and oxygen atoms in total. The van der Waals surface area contributed by atoms with Gasteiger partial charge in [0.2, 0.25) is 0 Å². The van der Waals surface area contributed by atoms with Gasteiger partial charge >= 0.3 is 6.09 Å². The fourth-order valence-corrected chi connectivity index (χ4v) is 2.37. The Bertz CT molecular complexity index is 211. The van der Waals surface area contributed by atoms with Crippen LogP contribution in [-0.4, -0.2) is 43.3 Å². The largest absolute Gasteiger partial charge is 0.449 e. The Morgan fingerprint density at radius 3 is 3.00 bits per heavy atom. The number of piperidine rings is 1. The van der Waals surface area contributed by atoms with Crippen LogP contribution in [0.1, 0.15) is 26.2 Å². The minimum absolute atomic E-state index is 0.127. The Kier molecular flexibility index (Phi) is 3.46. The molecule has 0 radical (unpaired) electrons. The van der Waals surface area contributed by atoms with E-state index in [2.05, 4.69) is 5.32 Å². The van der Waals surface area contributed by atoms with E-state index in [0.29, 0.717) is 18.6 Å². The molecule has 3 saturated heterocycles. The Balaban J connectivity index is 1.89. The van der Waals surface area contributed by atoms with Crippen molar-refractivity contribution in [1.29, 1.82) is 0 Å². The highest BCUT2D eigenvalue weighted by Gasteiger charge is 2.31. The van der Waals surface area contributed by atoms with E-state index in [-0.39, 0.29) is 6.09 Å². The topological polar surface area (TPSA) is 41.6 Å². The van der Waals surface area contributed by atoms with Gasteiger partial charge < -0.3 is 15.0 Å². The lowest BCUT2D eigenvalue weighted by molar-refractivity contribution is 0.101. The van der Waals surface area contributed by atoms with E-state index >= 15 is 0 Å². The number of amides is 1. The van der Waals surface area contributed by atoms with Crippen LogP contribution < -0.4 is 5.32 Å². The van der Waals surface area contributed by atoms with Crippen molar-refractivity contribution < 1.29 is 9.53 Å². The number of ether oxygens (including phenoxy) is 1. The van der Waals surface area contributed by atoms with Gasteiger partial charge in [0, 0.05) is 19.1 Å². The first-order chi connectivity index (χ1) is 7.29. The van der Waals surface area contributed by atoms with Gasteiger partial charge in [0.05, 0.1) is 6.61 Å². The third-order valence-corrected chi connectivity index (χ3v) is 3.23. The molecule has 0 aromatic rings. The maximum Gasteiger partial charge on any atom is 0.409 e. The maximum atomic E-state index is 11.7. The normalized spacial score (nSPS) is 30.1. The van der Waals surface area contributed by atoms with Crippen molar-refractivity contribution in [3.63, 3.8) is 0 Å². The van der Waals surface area contributed by atoms with Crippen LogP contribution in [0, 0.1) is 5.92 Å². The summed E-state index contributed by atoms with van der Waals surface area (Å²) in [6.07, 6.45) is 3.21. The number of nitrogens with zero attached hydrogens (tertiary/aromatic N) is 1. The number of nitrogens with one attached hydrogen (secondary N) is 1. The van der Waals surface area contributed by atoms with Gasteiger partial charge in [0.25, 0.3) is 0 Å². The van der Waals surface area contributed by atoms with Crippen molar-refractivity contribution in [2.45, 2.75) is 32.2 Å². The Morgan fingerprint density at radius 2 is 2.33 bits per heavy atom. The highest BCUT2D eigenvalue weighted by Crippen LogP contribution is 2.21. The summed E-state index contributed by atoms with van der Waals surface area (Å²) in [6.45, 7) is 5.30. The Morgan fingerprint density at radius 1 is 1.47 bits per heavy atom. The lowest BCUT2D eigenvalue weighted by Crippen LogP contribution is -2.40. The average Bonchev–Trinajstić information content (AvgIpc) is 2.58. The van der Waals surface area contributed by atoms with Crippen LogP contribution in [0.25, 0.3) is 0 Å². The Hall–Kier alpha value is -0.770. The van der Waals surface area contributed by atoms with E-state index in [1.807, 2.05) is 11.8 Å². The quantitative estimate of drug-likeness (QED) is 0.748. The Labute approximate surface area is 91.0 Å². The summed E-state index contributed by atoms with van der Waals surface area (Å²) in [6, 6.07) is 0.484. The first kappa shape index (κ1) is 10.7. The zero-order valence-corrected chi connectivity index (χ0v) is 9.37. The molecule has 1 N–H and O–H groups in total. The summed E-state index contributed by atoms with van der Waals surface area (Å²) in [5.41, 5.74) is 0. The molecule has 1 amide bonds. The van der Waals surface area contributed by atoms with Gasteiger partial charge in [-0.3, -0.25) is 0 Å². The second kappa shape index (κ2) is 4.84. The minimum Gasteiger partial charge on any atom is -0.449 e. The van der Waals surface area contributed by atoms with E-state index in [1.165, 1.54) is 12.8 Å². The van der Waals surface area contributed by atoms with Gasteiger partial charge in [-0.15, -0.1) is 0 Å². The first-order valence-corrected chi connectivity index (χ1v) is 5.94. The lowest BCUT2D eigenvalue weighted by atomic mass is 9.97. The van der Waals surface area contributed by atoms with Crippen LogP contribution in [0.2, 0.25) is 0 Å². The molecule has 2 unspecified atom stereocenters. The fraction of sp³-hybridized carbons (Fsp3) is 0.909. The molecular weight excluding hydrogens is 192 g/mol. The number of fused-ring (bicyclic) bond motifs is 4. The number of carbonyl (C=O) groups excluding carboxylic acids is 1. The first-order valence-electron chi connectivity index (χ1n) is 5.94. The van der Waals surface area contributed by atoms with Gasteiger partial charge in [0.15, 0.2) is 0 Å². The molecule has 3 aliphatic rings. The van der Waals surface area contributed by atoms with Crippen molar-refractivity contribution in [2.24, 2.45) is 5.92 Å². The molecular formula is C11H20N2O2. The number of hydrogen-bond donors (Lipinski definition) is 1. The van der Waals surface area contributed by atoms with Crippen molar-refractivity contribution >= 4 is 6.09 Å². The van der Waals surface area contributed by atoms with E-state index in [9.17, 15) is 4.79 Å². The summed E-state index contributed by atoms with van der Waals surface area (Å²) in [7, 11) is 0. The van der Waals surface area contributed by atoms with Crippen LogP contribution in [0.4, 0.5) is 4.79 Å². The second-order valence-corrected chi connectivity index (χ2v) is 4.57. The van der Waals surface area contributed by atoms with Crippen molar-refractivity contribution in [3.8, 4) is 0 Å². The molecule has 0 spiro atoms. The smallest absolute Gasteiger partial charge is 0.409 e. The number of carbonyl (C=O) groups is 1. The molecule has 4 heteroatoms. The van der Waals surface area contributed by atoms with E-state index in [0.717, 1.165) is 26.1 Å². The summed E-state index contributed by atoms with van der Waals surface area (Å²) < 4.78 is 5.17. The monoisotopic (exact) mass is 212 g/mol. The molecule has 2 atom stereocenters. The van der Waals surface area contributed by atoms with Gasteiger partial charge in [0.1, 0.15) is 0 Å². The molecule has 86 valence electrons. The van der Waals surface area contributed by atoms with E-state index < -0.39 is 0 Å². The minimum atomic E-state index is -0.127. The maximum absolute atomic E-state index is 11.7. The van der Waals surface area contributed by atoms with Crippen molar-refractivity contribution in [2.75, 3.05) is 26.2 Å². The molecule has 3 fully saturated rings. The summed E-state index contributed by atoms with van der Waals surface area (Å²) in [4.78, 5) is 13.6. The van der Waals surface area contributed by atoms with Crippen molar-refractivity contribution in [3.05, 3.63) is 0 Å². The zero-order chi connectivity index (χ0) is 10.7. The van der Waals surface area contributed by atoms with Crippen LogP contribution in [-0.2, 0) is 4.74 Å². The SMILES string of the molecule is CCCOC(=O)N1CC2CCC(C1)NC2. The predicted molar refractivity (Wildman–Crippen MR) is 57.7 cm³/mol. The third kappa shape index (κ3) is 2.62. The summed E-state index contributed by atoms with van der Waals surface area (Å²) >= 11 is 0. The molecule has 3 rings (SSSR count). The van der Waals surface area contributed by atoms with Gasteiger partial charge in [-0.2, -0.15) is 0 Å². The van der Waals surface area contributed by atoms with Gasteiger partial charge in [-0.1, -0.05) is 6.92 Å². The molecule has 15 heavy (non-hydrogen) atoms.